The molecule has 8 nitrogen and oxygen atoms in total. The number of hydrogen-bond acceptors (Lipinski definition) is 5. The average Bonchev–Trinajstić information content (AvgIpc) is 2.67. The van der Waals surface area contributed by atoms with Gasteiger partial charge in [0.25, 0.3) is 5.91 Å². The van der Waals surface area contributed by atoms with Gasteiger partial charge >= 0.3 is 6.03 Å². The van der Waals surface area contributed by atoms with Gasteiger partial charge in [-0.2, -0.15) is 5.11 Å². The van der Waals surface area contributed by atoms with Crippen molar-refractivity contribution in [2.24, 2.45) is 10.2 Å². The van der Waals surface area contributed by atoms with Gasteiger partial charge in [0.15, 0.2) is 11.5 Å². The molecule has 2 aromatic rings. The molecule has 0 saturated heterocycles. The quantitative estimate of drug-likeness (QED) is 0.861. The lowest BCUT2D eigenvalue weighted by molar-refractivity contribution is 0.0985. The molecule has 1 heterocycles. The number of ether oxygens (including phenoxy) is 2. The second kappa shape index (κ2) is 7.64. The molecule has 3 amide bonds. The number of carbonyl (C=O) groups excluding carboxylic acids is 2. The molecular weight excluding hydrogens is 336 g/mol. The fourth-order valence-electron chi connectivity index (χ4n) is 2.71. The molecule has 1 aliphatic rings. The van der Waals surface area contributed by atoms with Crippen LogP contribution in [-0.4, -0.2) is 32.7 Å². The Morgan fingerprint density at radius 2 is 1.92 bits per heavy atom. The molecule has 0 fully saturated rings. The number of urea groups is 1. The van der Waals surface area contributed by atoms with E-state index in [1.165, 1.54) is 14.2 Å². The molecule has 1 unspecified atom stereocenters. The first-order valence-corrected chi connectivity index (χ1v) is 7.94. The maximum atomic E-state index is 12.2. The minimum Gasteiger partial charge on any atom is -0.493 e. The van der Waals surface area contributed by atoms with Crippen LogP contribution in [0.5, 0.6) is 11.5 Å². The Hall–Kier alpha value is -3.42. The number of fused-ring (bicyclic) bond motifs is 1. The van der Waals surface area contributed by atoms with Crippen molar-refractivity contribution in [3.05, 3.63) is 53.6 Å². The van der Waals surface area contributed by atoms with Gasteiger partial charge < -0.3 is 20.1 Å². The summed E-state index contributed by atoms with van der Waals surface area (Å²) in [4.78, 5) is 24.0. The van der Waals surface area contributed by atoms with Crippen LogP contribution in [0.1, 0.15) is 22.0 Å². The SMILES string of the molecule is COc1cccc(NC(=O)NCC2N=NC(=O)c3ccccc32)c1OC. The van der Waals surface area contributed by atoms with Crippen LogP contribution in [0.3, 0.4) is 0 Å². The van der Waals surface area contributed by atoms with Gasteiger partial charge in [0, 0.05) is 12.1 Å². The van der Waals surface area contributed by atoms with Gasteiger partial charge in [-0.05, 0) is 23.8 Å². The predicted molar refractivity (Wildman–Crippen MR) is 94.9 cm³/mol. The number of amides is 3. The van der Waals surface area contributed by atoms with Crippen LogP contribution < -0.4 is 20.1 Å². The summed E-state index contributed by atoms with van der Waals surface area (Å²) < 4.78 is 10.5. The second-order valence-corrected chi connectivity index (χ2v) is 5.50. The molecule has 2 aromatic carbocycles. The van der Waals surface area contributed by atoms with Gasteiger partial charge in [-0.25, -0.2) is 4.79 Å². The van der Waals surface area contributed by atoms with Crippen molar-refractivity contribution in [1.29, 1.82) is 0 Å². The number of nitrogens with one attached hydrogen (secondary N) is 2. The third kappa shape index (κ3) is 3.49. The lowest BCUT2D eigenvalue weighted by Crippen LogP contribution is -2.33. The highest BCUT2D eigenvalue weighted by Gasteiger charge is 2.23. The Kier molecular flexibility index (Phi) is 5.12. The van der Waals surface area contributed by atoms with E-state index in [-0.39, 0.29) is 12.5 Å². The van der Waals surface area contributed by atoms with Crippen LogP contribution in [0.4, 0.5) is 10.5 Å². The first-order chi connectivity index (χ1) is 12.6. The molecule has 2 N–H and O–H groups in total. The fraction of sp³-hybridized carbons (Fsp3) is 0.222. The van der Waals surface area contributed by atoms with Crippen molar-refractivity contribution in [2.75, 3.05) is 26.1 Å². The average molecular weight is 354 g/mol. The highest BCUT2D eigenvalue weighted by molar-refractivity contribution is 5.97. The molecular formula is C18H18N4O4. The van der Waals surface area contributed by atoms with Gasteiger partial charge in [0.1, 0.15) is 6.04 Å². The van der Waals surface area contributed by atoms with E-state index in [0.29, 0.717) is 22.7 Å². The minimum absolute atomic E-state index is 0.200. The van der Waals surface area contributed by atoms with Gasteiger partial charge in [-0.1, -0.05) is 24.3 Å². The summed E-state index contributed by atoms with van der Waals surface area (Å²) in [7, 11) is 3.02. The molecule has 3 rings (SSSR count). The number of methoxy groups -OCH3 is 2. The summed E-state index contributed by atoms with van der Waals surface area (Å²) in [5, 5.41) is 13.1. The number of benzene rings is 2. The summed E-state index contributed by atoms with van der Waals surface area (Å²) in [5.41, 5.74) is 1.72. The summed E-state index contributed by atoms with van der Waals surface area (Å²) in [6.45, 7) is 0.200. The maximum Gasteiger partial charge on any atom is 0.319 e. The molecule has 0 spiro atoms. The van der Waals surface area contributed by atoms with Crippen LogP contribution in [-0.2, 0) is 0 Å². The second-order valence-electron chi connectivity index (χ2n) is 5.50. The predicted octanol–water partition coefficient (Wildman–Crippen LogP) is 3.17. The molecule has 1 aliphatic heterocycles. The zero-order valence-corrected chi connectivity index (χ0v) is 14.4. The molecule has 26 heavy (non-hydrogen) atoms. The van der Waals surface area contributed by atoms with E-state index < -0.39 is 12.1 Å². The number of hydrogen-bond donors (Lipinski definition) is 2. The summed E-state index contributed by atoms with van der Waals surface area (Å²) in [6.07, 6.45) is 0. The molecule has 0 saturated carbocycles. The van der Waals surface area contributed by atoms with Crippen LogP contribution in [0, 0.1) is 0 Å². The lowest BCUT2D eigenvalue weighted by atomic mass is 9.99. The number of azo groups is 1. The van der Waals surface area contributed by atoms with Gasteiger partial charge in [0.2, 0.25) is 0 Å². The molecule has 134 valence electrons. The lowest BCUT2D eigenvalue weighted by Gasteiger charge is -2.19. The monoisotopic (exact) mass is 354 g/mol. The van der Waals surface area contributed by atoms with Crippen molar-refractivity contribution in [1.82, 2.24) is 5.32 Å². The van der Waals surface area contributed by atoms with Crippen LogP contribution >= 0.6 is 0 Å². The van der Waals surface area contributed by atoms with E-state index in [1.54, 1.807) is 36.4 Å². The first-order valence-electron chi connectivity index (χ1n) is 7.94. The Balaban J connectivity index is 1.67. The largest absolute Gasteiger partial charge is 0.493 e. The van der Waals surface area contributed by atoms with Crippen molar-refractivity contribution in [3.63, 3.8) is 0 Å². The molecule has 0 aliphatic carbocycles. The molecule has 0 aromatic heterocycles. The van der Waals surface area contributed by atoms with Crippen LogP contribution in [0.2, 0.25) is 0 Å². The summed E-state index contributed by atoms with van der Waals surface area (Å²) >= 11 is 0. The highest BCUT2D eigenvalue weighted by atomic mass is 16.5. The first kappa shape index (κ1) is 17.4. The smallest absolute Gasteiger partial charge is 0.319 e. The summed E-state index contributed by atoms with van der Waals surface area (Å²) in [6, 6.07) is 11.4. The normalized spacial score (nSPS) is 15.2. The molecule has 0 radical (unpaired) electrons. The number of carbonyl (C=O) groups is 2. The minimum atomic E-state index is -0.430. The number of anilines is 1. The van der Waals surface area contributed by atoms with Crippen molar-refractivity contribution < 1.29 is 19.1 Å². The van der Waals surface area contributed by atoms with Crippen molar-refractivity contribution in [2.45, 2.75) is 6.04 Å². The van der Waals surface area contributed by atoms with E-state index >= 15 is 0 Å². The fourth-order valence-corrected chi connectivity index (χ4v) is 2.71. The topological polar surface area (TPSA) is 101 Å². The number of rotatable bonds is 5. The van der Waals surface area contributed by atoms with Crippen LogP contribution in [0.15, 0.2) is 52.7 Å². The third-order valence-electron chi connectivity index (χ3n) is 3.95. The van der Waals surface area contributed by atoms with E-state index in [0.717, 1.165) is 5.56 Å². The Morgan fingerprint density at radius 1 is 1.12 bits per heavy atom. The number of nitrogens with zero attached hydrogens (tertiary/aromatic N) is 2. The third-order valence-corrected chi connectivity index (χ3v) is 3.95. The van der Waals surface area contributed by atoms with Crippen LogP contribution in [0.25, 0.3) is 0 Å². The van der Waals surface area contributed by atoms with Crippen molar-refractivity contribution in [3.8, 4) is 11.5 Å². The molecule has 0 bridgehead atoms. The van der Waals surface area contributed by atoms with Gasteiger partial charge in [-0.3, -0.25) is 4.79 Å². The molecule has 1 atom stereocenters. The number of para-hydroxylation sites is 1. The zero-order valence-electron chi connectivity index (χ0n) is 14.4. The zero-order chi connectivity index (χ0) is 18.5. The Bertz CT molecular complexity index is 866. The van der Waals surface area contributed by atoms with E-state index in [4.69, 9.17) is 9.47 Å². The highest BCUT2D eigenvalue weighted by Crippen LogP contribution is 2.34. The van der Waals surface area contributed by atoms with E-state index in [2.05, 4.69) is 20.9 Å². The van der Waals surface area contributed by atoms with Gasteiger partial charge in [-0.15, -0.1) is 5.11 Å². The summed E-state index contributed by atoms with van der Waals surface area (Å²) in [5.74, 6) is 0.569. The van der Waals surface area contributed by atoms with E-state index in [9.17, 15) is 9.59 Å². The Labute approximate surface area is 150 Å². The maximum absolute atomic E-state index is 12.2. The van der Waals surface area contributed by atoms with E-state index in [1.807, 2.05) is 6.07 Å². The van der Waals surface area contributed by atoms with Crippen molar-refractivity contribution >= 4 is 17.6 Å². The Morgan fingerprint density at radius 3 is 2.69 bits per heavy atom. The van der Waals surface area contributed by atoms with Gasteiger partial charge in [0.05, 0.1) is 19.9 Å². The molecule has 8 heteroatoms. The standard InChI is InChI=1S/C18H18N4O4/c1-25-15-9-5-8-13(16(15)26-2)20-18(24)19-10-14-11-6-3-4-7-12(11)17(23)22-21-14/h3-9,14H,10H2,1-2H3,(H2,19,20,24).